The summed E-state index contributed by atoms with van der Waals surface area (Å²) in [6.45, 7) is 3.41. The topological polar surface area (TPSA) is 97.6 Å². The first-order valence-electron chi connectivity index (χ1n) is 5.42. The fraction of sp³-hybridized carbons (Fsp3) is 0.182. The van der Waals surface area contributed by atoms with E-state index in [-0.39, 0.29) is 28.4 Å². The van der Waals surface area contributed by atoms with Crippen LogP contribution in [-0.4, -0.2) is 35.9 Å². The number of amides is 1. The number of nitro benzene ring substituents is 1. The van der Waals surface area contributed by atoms with Crippen LogP contribution in [0.5, 0.6) is 0 Å². The van der Waals surface area contributed by atoms with E-state index in [9.17, 15) is 23.3 Å². The first-order valence-corrected chi connectivity index (χ1v) is 7.49. The molecule has 9 heteroatoms. The third-order valence-corrected chi connectivity index (χ3v) is 5.01. The van der Waals surface area contributed by atoms with Crippen molar-refractivity contribution in [2.45, 2.75) is 4.90 Å². The Hall–Kier alpha value is -1.87. The van der Waals surface area contributed by atoms with Crippen LogP contribution >= 0.6 is 12.6 Å². The minimum absolute atomic E-state index is 0.0671. The van der Waals surface area contributed by atoms with Crippen LogP contribution in [0.3, 0.4) is 0 Å². The zero-order valence-corrected chi connectivity index (χ0v) is 11.9. The summed E-state index contributed by atoms with van der Waals surface area (Å²) in [6.07, 6.45) is 0. The molecule has 1 amide bonds. The zero-order chi connectivity index (χ0) is 15.1. The van der Waals surface area contributed by atoms with Crippen LogP contribution < -0.4 is 0 Å². The van der Waals surface area contributed by atoms with Gasteiger partial charge in [0, 0.05) is 17.9 Å². The second kappa shape index (κ2) is 4.91. The molecule has 0 aromatic heterocycles. The molecular weight excluding hydrogens is 304 g/mol. The second-order valence-corrected chi connectivity index (χ2v) is 6.31. The van der Waals surface area contributed by atoms with Crippen molar-refractivity contribution in [1.29, 1.82) is 0 Å². The number of fused-ring (bicyclic) bond motifs is 1. The Morgan fingerprint density at radius 3 is 2.65 bits per heavy atom. The summed E-state index contributed by atoms with van der Waals surface area (Å²) >= 11 is 3.96. The van der Waals surface area contributed by atoms with Crippen molar-refractivity contribution in [3.8, 4) is 0 Å². The Morgan fingerprint density at radius 2 is 2.10 bits per heavy atom. The molecule has 1 aliphatic heterocycles. The van der Waals surface area contributed by atoms with Crippen LogP contribution in [0, 0.1) is 10.1 Å². The number of hydrogen-bond acceptors (Lipinski definition) is 6. The van der Waals surface area contributed by atoms with Gasteiger partial charge in [0.2, 0.25) is 0 Å². The zero-order valence-electron chi connectivity index (χ0n) is 10.1. The maximum Gasteiger partial charge on any atom is 0.270 e. The number of hydrogen-bond donors (Lipinski definition) is 1. The van der Waals surface area contributed by atoms with E-state index >= 15 is 0 Å². The van der Waals surface area contributed by atoms with Gasteiger partial charge < -0.3 is 0 Å². The number of carbonyl (C=O) groups excluding carboxylic acids is 1. The number of sulfonamides is 1. The molecule has 2 rings (SSSR count). The van der Waals surface area contributed by atoms with E-state index in [0.29, 0.717) is 9.88 Å². The van der Waals surface area contributed by atoms with Crippen molar-refractivity contribution in [2.75, 3.05) is 12.3 Å². The molecule has 0 fully saturated rings. The normalized spacial score (nSPS) is 16.1. The molecule has 7 nitrogen and oxygen atoms in total. The van der Waals surface area contributed by atoms with E-state index in [1.165, 1.54) is 0 Å². The molecule has 20 heavy (non-hydrogen) atoms. The molecule has 1 aliphatic rings. The lowest BCUT2D eigenvalue weighted by atomic mass is 10.2. The Kier molecular flexibility index (Phi) is 3.57. The molecule has 0 N–H and O–H groups in total. The summed E-state index contributed by atoms with van der Waals surface area (Å²) in [4.78, 5) is 21.7. The number of non-ortho nitro benzene ring substituents is 1. The largest absolute Gasteiger partial charge is 0.270 e. The number of thiol groups is 1. The van der Waals surface area contributed by atoms with E-state index in [0.717, 1.165) is 18.2 Å². The van der Waals surface area contributed by atoms with Crippen molar-refractivity contribution < 1.29 is 18.1 Å². The van der Waals surface area contributed by atoms with Gasteiger partial charge in [-0.25, -0.2) is 12.7 Å². The molecule has 106 valence electrons. The number of rotatable bonds is 4. The number of nitrogens with zero attached hydrogens (tertiary/aromatic N) is 2. The van der Waals surface area contributed by atoms with Crippen LogP contribution in [0.1, 0.15) is 10.4 Å². The van der Waals surface area contributed by atoms with Gasteiger partial charge in [0.1, 0.15) is 4.90 Å². The van der Waals surface area contributed by atoms with Crippen LogP contribution in [0.4, 0.5) is 5.69 Å². The molecule has 1 aromatic carbocycles. The van der Waals surface area contributed by atoms with Gasteiger partial charge in [0.15, 0.2) is 0 Å². The Morgan fingerprint density at radius 1 is 1.45 bits per heavy atom. The van der Waals surface area contributed by atoms with Gasteiger partial charge in [-0.2, -0.15) is 12.6 Å². The molecule has 1 heterocycles. The minimum Gasteiger partial charge on any atom is -0.268 e. The van der Waals surface area contributed by atoms with Gasteiger partial charge in [0.25, 0.3) is 21.6 Å². The van der Waals surface area contributed by atoms with E-state index < -0.39 is 20.9 Å². The molecule has 1 aromatic rings. The van der Waals surface area contributed by atoms with Gasteiger partial charge in [-0.15, -0.1) is 0 Å². The summed E-state index contributed by atoms with van der Waals surface area (Å²) in [7, 11) is -4.07. The summed E-state index contributed by atoms with van der Waals surface area (Å²) < 4.78 is 25.1. The molecule has 0 radical (unpaired) electrons. The second-order valence-electron chi connectivity index (χ2n) is 4.16. The maximum atomic E-state index is 12.2. The predicted octanol–water partition coefficient (Wildman–Crippen LogP) is 1.23. The number of benzene rings is 1. The average Bonchev–Trinajstić information content (AvgIpc) is 2.59. The third-order valence-electron chi connectivity index (χ3n) is 2.79. The Labute approximate surface area is 120 Å². The molecule has 0 unspecified atom stereocenters. The SMILES string of the molecule is C=C(CS)CN1C(=O)c2ccc([N+](=O)[O-])cc2S1(=O)=O. The quantitative estimate of drug-likeness (QED) is 0.390. The van der Waals surface area contributed by atoms with E-state index in [2.05, 4.69) is 19.2 Å². The van der Waals surface area contributed by atoms with Gasteiger partial charge in [-0.1, -0.05) is 6.58 Å². The monoisotopic (exact) mass is 314 g/mol. The third kappa shape index (κ3) is 2.18. The Bertz CT molecular complexity index is 726. The van der Waals surface area contributed by atoms with Crippen molar-refractivity contribution in [2.24, 2.45) is 0 Å². The molecule has 0 saturated heterocycles. The van der Waals surface area contributed by atoms with E-state index in [4.69, 9.17) is 0 Å². The highest BCUT2D eigenvalue weighted by molar-refractivity contribution is 7.90. The van der Waals surface area contributed by atoms with Crippen LogP contribution in [0.2, 0.25) is 0 Å². The highest BCUT2D eigenvalue weighted by atomic mass is 32.2. The molecule has 0 atom stereocenters. The van der Waals surface area contributed by atoms with Crippen LogP contribution in [0.25, 0.3) is 0 Å². The molecular formula is C11H10N2O5S2. The summed E-state index contributed by atoms with van der Waals surface area (Å²) in [5.74, 6) is -0.478. The Balaban J connectivity index is 2.53. The fourth-order valence-electron chi connectivity index (χ4n) is 1.79. The standard InChI is InChI=1S/C11H10N2O5S2/c1-7(6-19)5-12-11(14)9-3-2-8(13(15)16)4-10(9)20(12,17)18/h2-4,19H,1,5-6H2. The molecule has 0 saturated carbocycles. The summed E-state index contributed by atoms with van der Waals surface area (Å²) in [5.41, 5.74) is 0.00475. The van der Waals surface area contributed by atoms with E-state index in [1.807, 2.05) is 0 Å². The maximum absolute atomic E-state index is 12.2. The van der Waals surface area contributed by atoms with Crippen molar-refractivity contribution in [1.82, 2.24) is 4.31 Å². The fourth-order valence-corrected chi connectivity index (χ4v) is 3.50. The predicted molar refractivity (Wildman–Crippen MR) is 74.3 cm³/mol. The van der Waals surface area contributed by atoms with E-state index in [1.54, 1.807) is 0 Å². The summed E-state index contributed by atoms with van der Waals surface area (Å²) in [6, 6.07) is 3.14. The minimum atomic E-state index is -4.07. The molecule has 0 aliphatic carbocycles. The first-order chi connectivity index (χ1) is 9.28. The van der Waals surface area contributed by atoms with Crippen LogP contribution in [0.15, 0.2) is 35.2 Å². The van der Waals surface area contributed by atoms with Crippen molar-refractivity contribution in [3.63, 3.8) is 0 Å². The molecule has 0 spiro atoms. The van der Waals surface area contributed by atoms with Gasteiger partial charge in [-0.05, 0) is 11.6 Å². The highest BCUT2D eigenvalue weighted by Gasteiger charge is 2.42. The molecule has 0 bridgehead atoms. The number of carbonyl (C=O) groups is 1. The van der Waals surface area contributed by atoms with Crippen molar-refractivity contribution in [3.05, 3.63) is 46.0 Å². The summed E-state index contributed by atoms with van der Waals surface area (Å²) in [5, 5.41) is 10.7. The smallest absolute Gasteiger partial charge is 0.268 e. The lowest BCUT2D eigenvalue weighted by Crippen LogP contribution is -2.32. The lowest BCUT2D eigenvalue weighted by Gasteiger charge is -2.15. The van der Waals surface area contributed by atoms with Gasteiger partial charge in [-0.3, -0.25) is 14.9 Å². The number of nitro groups is 1. The van der Waals surface area contributed by atoms with Crippen LogP contribution in [-0.2, 0) is 10.0 Å². The first kappa shape index (κ1) is 14.5. The lowest BCUT2D eigenvalue weighted by molar-refractivity contribution is -0.385. The van der Waals surface area contributed by atoms with Gasteiger partial charge >= 0.3 is 0 Å². The van der Waals surface area contributed by atoms with Gasteiger partial charge in [0.05, 0.1) is 17.0 Å². The average molecular weight is 314 g/mol. The van der Waals surface area contributed by atoms with Crippen molar-refractivity contribution >= 4 is 34.2 Å². The highest BCUT2D eigenvalue weighted by Crippen LogP contribution is 2.33.